The van der Waals surface area contributed by atoms with E-state index in [4.69, 9.17) is 0 Å². The zero-order valence-electron chi connectivity index (χ0n) is 12.7. The monoisotopic (exact) mass is 322 g/mol. The second kappa shape index (κ2) is 7.78. The molecular formula is C17H17F3N2O. The standard InChI is InChI=1S/C17H17F3N2O/c1-2-22(10-12-4-3-5-13(18)8-12)11-17(23)21-16-9-14(19)6-7-15(16)20/h3-9H,2,10-11H2,1H3,(H,21,23). The summed E-state index contributed by atoms with van der Waals surface area (Å²) in [6.45, 7) is 2.78. The minimum atomic E-state index is -0.701. The molecule has 1 N–H and O–H groups in total. The molecule has 0 unspecified atom stereocenters. The Morgan fingerprint density at radius 3 is 2.52 bits per heavy atom. The molecule has 0 spiro atoms. The first kappa shape index (κ1) is 17.0. The Bertz CT molecular complexity index is 691. The summed E-state index contributed by atoms with van der Waals surface area (Å²) in [4.78, 5) is 13.8. The van der Waals surface area contributed by atoms with Crippen molar-refractivity contribution in [1.82, 2.24) is 4.90 Å². The van der Waals surface area contributed by atoms with Gasteiger partial charge < -0.3 is 5.32 Å². The average molecular weight is 322 g/mol. The van der Waals surface area contributed by atoms with Crippen molar-refractivity contribution < 1.29 is 18.0 Å². The highest BCUT2D eigenvalue weighted by Crippen LogP contribution is 2.15. The number of likely N-dealkylation sites (N-methyl/N-ethyl adjacent to an activating group) is 1. The maximum Gasteiger partial charge on any atom is 0.238 e. The fraction of sp³-hybridized carbons (Fsp3) is 0.235. The first-order valence-corrected chi connectivity index (χ1v) is 7.19. The van der Waals surface area contributed by atoms with Crippen LogP contribution in [0, 0.1) is 17.5 Å². The van der Waals surface area contributed by atoms with Crippen LogP contribution >= 0.6 is 0 Å². The van der Waals surface area contributed by atoms with Gasteiger partial charge in [0.25, 0.3) is 0 Å². The van der Waals surface area contributed by atoms with Crippen LogP contribution in [0.5, 0.6) is 0 Å². The molecule has 1 amide bonds. The highest BCUT2D eigenvalue weighted by atomic mass is 19.1. The van der Waals surface area contributed by atoms with Crippen LogP contribution in [0.2, 0.25) is 0 Å². The van der Waals surface area contributed by atoms with E-state index in [1.807, 2.05) is 6.92 Å². The van der Waals surface area contributed by atoms with Crippen LogP contribution in [0.4, 0.5) is 18.9 Å². The van der Waals surface area contributed by atoms with E-state index in [0.717, 1.165) is 23.8 Å². The van der Waals surface area contributed by atoms with Crippen molar-refractivity contribution in [3.8, 4) is 0 Å². The Kier molecular flexibility index (Phi) is 5.76. The summed E-state index contributed by atoms with van der Waals surface area (Å²) >= 11 is 0. The van der Waals surface area contributed by atoms with E-state index in [2.05, 4.69) is 5.32 Å². The van der Waals surface area contributed by atoms with Crippen molar-refractivity contribution in [3.63, 3.8) is 0 Å². The van der Waals surface area contributed by atoms with Crippen LogP contribution < -0.4 is 5.32 Å². The highest BCUT2D eigenvalue weighted by Gasteiger charge is 2.12. The van der Waals surface area contributed by atoms with E-state index < -0.39 is 17.5 Å². The third-order valence-electron chi connectivity index (χ3n) is 3.31. The van der Waals surface area contributed by atoms with Crippen molar-refractivity contribution in [2.45, 2.75) is 13.5 Å². The molecule has 0 saturated heterocycles. The van der Waals surface area contributed by atoms with Crippen molar-refractivity contribution in [2.75, 3.05) is 18.4 Å². The van der Waals surface area contributed by atoms with Crippen molar-refractivity contribution in [1.29, 1.82) is 0 Å². The number of carbonyl (C=O) groups excluding carboxylic acids is 1. The Hall–Kier alpha value is -2.34. The number of halogens is 3. The number of nitrogens with zero attached hydrogens (tertiary/aromatic N) is 1. The first-order valence-electron chi connectivity index (χ1n) is 7.19. The Balaban J connectivity index is 1.98. The van der Waals surface area contributed by atoms with E-state index >= 15 is 0 Å². The molecule has 23 heavy (non-hydrogen) atoms. The van der Waals surface area contributed by atoms with Gasteiger partial charge in [0.2, 0.25) is 5.91 Å². The first-order chi connectivity index (χ1) is 11.0. The Morgan fingerprint density at radius 2 is 1.83 bits per heavy atom. The Morgan fingerprint density at radius 1 is 1.09 bits per heavy atom. The number of carbonyl (C=O) groups is 1. The van der Waals surface area contributed by atoms with Crippen molar-refractivity contribution >= 4 is 11.6 Å². The second-order valence-corrected chi connectivity index (χ2v) is 5.11. The fourth-order valence-corrected chi connectivity index (χ4v) is 2.16. The quantitative estimate of drug-likeness (QED) is 0.882. The van der Waals surface area contributed by atoms with Gasteiger partial charge in [0, 0.05) is 12.6 Å². The minimum Gasteiger partial charge on any atom is -0.322 e. The van der Waals surface area contributed by atoms with Crippen LogP contribution in [0.15, 0.2) is 42.5 Å². The molecule has 0 aliphatic carbocycles. The molecule has 0 aliphatic rings. The van der Waals surface area contributed by atoms with Crippen LogP contribution in [0.1, 0.15) is 12.5 Å². The van der Waals surface area contributed by atoms with Crippen LogP contribution in [0.3, 0.4) is 0 Å². The van der Waals surface area contributed by atoms with E-state index in [0.29, 0.717) is 13.1 Å². The summed E-state index contributed by atoms with van der Waals surface area (Å²) in [6, 6.07) is 8.96. The molecular weight excluding hydrogens is 305 g/mol. The van der Waals surface area contributed by atoms with Gasteiger partial charge in [-0.05, 0) is 36.4 Å². The van der Waals surface area contributed by atoms with Gasteiger partial charge >= 0.3 is 0 Å². The summed E-state index contributed by atoms with van der Waals surface area (Å²) < 4.78 is 39.8. The van der Waals surface area contributed by atoms with Gasteiger partial charge in [-0.3, -0.25) is 9.69 Å². The molecule has 0 bridgehead atoms. The third kappa shape index (κ3) is 5.10. The lowest BCUT2D eigenvalue weighted by atomic mass is 10.2. The lowest BCUT2D eigenvalue weighted by Gasteiger charge is -2.20. The lowest BCUT2D eigenvalue weighted by Crippen LogP contribution is -2.33. The molecule has 0 heterocycles. The molecule has 0 aliphatic heterocycles. The predicted molar refractivity (Wildman–Crippen MR) is 82.3 cm³/mol. The number of anilines is 1. The van der Waals surface area contributed by atoms with E-state index in [9.17, 15) is 18.0 Å². The highest BCUT2D eigenvalue weighted by molar-refractivity contribution is 5.92. The summed E-state index contributed by atoms with van der Waals surface area (Å²) in [5.41, 5.74) is 0.536. The smallest absolute Gasteiger partial charge is 0.238 e. The molecule has 3 nitrogen and oxygen atoms in total. The summed E-state index contributed by atoms with van der Waals surface area (Å²) in [5, 5.41) is 2.34. The molecule has 0 atom stereocenters. The minimum absolute atomic E-state index is 0.0109. The predicted octanol–water partition coefficient (Wildman–Crippen LogP) is 3.56. The number of nitrogens with one attached hydrogen (secondary N) is 1. The molecule has 0 radical (unpaired) electrons. The number of amides is 1. The molecule has 0 saturated carbocycles. The number of hydrogen-bond donors (Lipinski definition) is 1. The van der Waals surface area contributed by atoms with Gasteiger partial charge in [-0.2, -0.15) is 0 Å². The van der Waals surface area contributed by atoms with Gasteiger partial charge in [-0.15, -0.1) is 0 Å². The number of benzene rings is 2. The third-order valence-corrected chi connectivity index (χ3v) is 3.31. The Labute approximate surface area is 132 Å². The van der Waals surface area contributed by atoms with E-state index in [1.54, 1.807) is 17.0 Å². The molecule has 2 rings (SSSR count). The van der Waals surface area contributed by atoms with Crippen LogP contribution in [0.25, 0.3) is 0 Å². The second-order valence-electron chi connectivity index (χ2n) is 5.11. The van der Waals surface area contributed by atoms with E-state index in [-0.39, 0.29) is 18.0 Å². The summed E-state index contributed by atoms with van der Waals surface area (Å²) in [6.07, 6.45) is 0. The van der Waals surface area contributed by atoms with Gasteiger partial charge in [0.15, 0.2) is 0 Å². The van der Waals surface area contributed by atoms with E-state index in [1.165, 1.54) is 12.1 Å². The molecule has 2 aromatic carbocycles. The maximum atomic E-state index is 13.5. The van der Waals surface area contributed by atoms with Gasteiger partial charge in [-0.25, -0.2) is 13.2 Å². The van der Waals surface area contributed by atoms with Gasteiger partial charge in [0.1, 0.15) is 17.5 Å². The van der Waals surface area contributed by atoms with Crippen LogP contribution in [-0.4, -0.2) is 23.9 Å². The zero-order chi connectivity index (χ0) is 16.8. The van der Waals surface area contributed by atoms with Gasteiger partial charge in [0.05, 0.1) is 12.2 Å². The molecule has 0 aromatic heterocycles. The van der Waals surface area contributed by atoms with Crippen molar-refractivity contribution in [2.24, 2.45) is 0 Å². The van der Waals surface area contributed by atoms with Gasteiger partial charge in [-0.1, -0.05) is 19.1 Å². The molecule has 2 aromatic rings. The molecule has 122 valence electrons. The molecule has 6 heteroatoms. The fourth-order valence-electron chi connectivity index (χ4n) is 2.16. The SMILES string of the molecule is CCN(CC(=O)Nc1cc(F)ccc1F)Cc1cccc(F)c1. The lowest BCUT2D eigenvalue weighted by molar-refractivity contribution is -0.117. The topological polar surface area (TPSA) is 32.3 Å². The van der Waals surface area contributed by atoms with Crippen molar-refractivity contribution in [3.05, 3.63) is 65.5 Å². The molecule has 0 fully saturated rings. The zero-order valence-corrected chi connectivity index (χ0v) is 12.7. The largest absolute Gasteiger partial charge is 0.322 e. The normalized spacial score (nSPS) is 10.8. The number of rotatable bonds is 6. The maximum absolute atomic E-state index is 13.5. The summed E-state index contributed by atoms with van der Waals surface area (Å²) in [5.74, 6) is -2.14. The van der Waals surface area contributed by atoms with Crippen LogP contribution in [-0.2, 0) is 11.3 Å². The average Bonchev–Trinajstić information content (AvgIpc) is 2.50. The summed E-state index contributed by atoms with van der Waals surface area (Å²) in [7, 11) is 0. The number of hydrogen-bond acceptors (Lipinski definition) is 2.